The van der Waals surface area contributed by atoms with Gasteiger partial charge >= 0.3 is 0 Å². The molecule has 0 aromatic heterocycles. The first-order valence-electron chi connectivity index (χ1n) is 5.07. The highest BCUT2D eigenvalue weighted by Crippen LogP contribution is 2.08. The van der Waals surface area contributed by atoms with Crippen LogP contribution < -0.4 is 11.5 Å². The van der Waals surface area contributed by atoms with Crippen molar-refractivity contribution in [2.75, 3.05) is 39.8 Å². The number of piperazine rings is 1. The molecular weight excluding hydrogens is 180 g/mol. The number of carbonyl (C=O) groups excluding carboxylic acids is 1. The van der Waals surface area contributed by atoms with Gasteiger partial charge in [-0.25, -0.2) is 0 Å². The van der Waals surface area contributed by atoms with Crippen LogP contribution in [0.25, 0.3) is 0 Å². The number of rotatable bonds is 3. The Labute approximate surface area is 85.0 Å². The number of likely N-dealkylation sites (N-methyl/N-ethyl adjacent to an activating group) is 1. The van der Waals surface area contributed by atoms with Crippen LogP contribution in [0.3, 0.4) is 0 Å². The summed E-state index contributed by atoms with van der Waals surface area (Å²) in [7, 11) is 2.05. The molecule has 14 heavy (non-hydrogen) atoms. The summed E-state index contributed by atoms with van der Waals surface area (Å²) in [6, 6.07) is 0.160. The number of hydrogen-bond acceptors (Lipinski definition) is 4. The molecule has 1 heterocycles. The van der Waals surface area contributed by atoms with E-state index in [0.717, 1.165) is 19.6 Å². The average molecular weight is 200 g/mol. The van der Waals surface area contributed by atoms with Crippen LogP contribution in [0.2, 0.25) is 0 Å². The molecule has 1 rings (SSSR count). The minimum absolute atomic E-state index is 0.135. The minimum atomic E-state index is 0.135. The maximum atomic E-state index is 11.6. The van der Waals surface area contributed by atoms with E-state index in [1.165, 1.54) is 0 Å². The van der Waals surface area contributed by atoms with Crippen LogP contribution in [-0.4, -0.2) is 61.5 Å². The van der Waals surface area contributed by atoms with Crippen molar-refractivity contribution in [2.45, 2.75) is 12.5 Å². The third-order valence-electron chi connectivity index (χ3n) is 2.64. The summed E-state index contributed by atoms with van der Waals surface area (Å²) in [4.78, 5) is 15.7. The van der Waals surface area contributed by atoms with Crippen LogP contribution in [0, 0.1) is 0 Å². The smallest absolute Gasteiger partial charge is 0.224 e. The van der Waals surface area contributed by atoms with Gasteiger partial charge in [-0.1, -0.05) is 0 Å². The third kappa shape index (κ3) is 2.67. The molecule has 1 aliphatic rings. The van der Waals surface area contributed by atoms with Gasteiger partial charge in [-0.2, -0.15) is 0 Å². The van der Waals surface area contributed by atoms with Gasteiger partial charge in [-0.3, -0.25) is 4.79 Å². The van der Waals surface area contributed by atoms with Crippen molar-refractivity contribution in [3.8, 4) is 0 Å². The molecule has 1 atom stereocenters. The standard InChI is InChI=1S/C9H20N4O/c1-12-4-5-13(8(6-11)7-12)9(14)2-3-10/h8H,2-7,10-11H2,1H3. The maximum Gasteiger partial charge on any atom is 0.224 e. The number of carbonyl (C=O) groups is 1. The van der Waals surface area contributed by atoms with E-state index in [0.29, 0.717) is 19.5 Å². The fourth-order valence-electron chi connectivity index (χ4n) is 1.81. The third-order valence-corrected chi connectivity index (χ3v) is 2.64. The SMILES string of the molecule is CN1CCN(C(=O)CCN)C(CN)C1. The molecule has 4 N–H and O–H groups in total. The molecule has 0 aromatic rings. The lowest BCUT2D eigenvalue weighted by Gasteiger charge is -2.39. The van der Waals surface area contributed by atoms with Crippen LogP contribution in [0.4, 0.5) is 0 Å². The quantitative estimate of drug-likeness (QED) is 0.577. The van der Waals surface area contributed by atoms with E-state index >= 15 is 0 Å². The van der Waals surface area contributed by atoms with Gasteiger partial charge in [0.25, 0.3) is 0 Å². The highest BCUT2D eigenvalue weighted by molar-refractivity contribution is 5.76. The van der Waals surface area contributed by atoms with Crippen LogP contribution in [0.15, 0.2) is 0 Å². The number of nitrogens with two attached hydrogens (primary N) is 2. The normalized spacial score (nSPS) is 23.9. The van der Waals surface area contributed by atoms with Crippen molar-refractivity contribution in [3.63, 3.8) is 0 Å². The van der Waals surface area contributed by atoms with E-state index in [1.807, 2.05) is 11.9 Å². The first kappa shape index (κ1) is 11.4. The van der Waals surface area contributed by atoms with Gasteiger partial charge in [0.05, 0.1) is 6.04 Å². The zero-order valence-electron chi connectivity index (χ0n) is 8.78. The van der Waals surface area contributed by atoms with Gasteiger partial charge in [0, 0.05) is 39.1 Å². The topological polar surface area (TPSA) is 75.6 Å². The van der Waals surface area contributed by atoms with Gasteiger partial charge in [0.2, 0.25) is 5.91 Å². The Morgan fingerprint density at radius 1 is 1.43 bits per heavy atom. The van der Waals surface area contributed by atoms with E-state index in [4.69, 9.17) is 11.5 Å². The summed E-state index contributed by atoms with van der Waals surface area (Å²) < 4.78 is 0. The summed E-state index contributed by atoms with van der Waals surface area (Å²) in [6.07, 6.45) is 0.431. The van der Waals surface area contributed by atoms with Crippen LogP contribution >= 0.6 is 0 Å². The predicted molar refractivity (Wildman–Crippen MR) is 55.7 cm³/mol. The molecule has 0 aromatic carbocycles. The maximum absolute atomic E-state index is 11.6. The summed E-state index contributed by atoms with van der Waals surface area (Å²) in [5.74, 6) is 0.135. The molecule has 0 radical (unpaired) electrons. The molecule has 5 heteroatoms. The highest BCUT2D eigenvalue weighted by Gasteiger charge is 2.27. The zero-order chi connectivity index (χ0) is 10.6. The van der Waals surface area contributed by atoms with E-state index in [2.05, 4.69) is 4.90 Å². The second-order valence-corrected chi connectivity index (χ2v) is 3.78. The first-order chi connectivity index (χ1) is 6.69. The molecular formula is C9H20N4O. The van der Waals surface area contributed by atoms with E-state index < -0.39 is 0 Å². The lowest BCUT2D eigenvalue weighted by molar-refractivity contribution is -0.135. The Bertz CT molecular complexity index is 197. The lowest BCUT2D eigenvalue weighted by atomic mass is 10.1. The molecule has 1 aliphatic heterocycles. The number of hydrogen-bond donors (Lipinski definition) is 2. The number of amides is 1. The second kappa shape index (κ2) is 5.29. The molecule has 1 fully saturated rings. The first-order valence-corrected chi connectivity index (χ1v) is 5.07. The van der Waals surface area contributed by atoms with Crippen LogP contribution in [0.1, 0.15) is 6.42 Å². The van der Waals surface area contributed by atoms with Crippen LogP contribution in [0.5, 0.6) is 0 Å². The van der Waals surface area contributed by atoms with Gasteiger partial charge in [-0.05, 0) is 7.05 Å². The Morgan fingerprint density at radius 3 is 2.71 bits per heavy atom. The van der Waals surface area contributed by atoms with Crippen molar-refractivity contribution in [2.24, 2.45) is 11.5 Å². The van der Waals surface area contributed by atoms with Gasteiger partial charge in [-0.15, -0.1) is 0 Å². The summed E-state index contributed by atoms with van der Waals surface area (Å²) in [5.41, 5.74) is 11.0. The van der Waals surface area contributed by atoms with Crippen molar-refractivity contribution in [3.05, 3.63) is 0 Å². The van der Waals surface area contributed by atoms with E-state index in [-0.39, 0.29) is 11.9 Å². The zero-order valence-corrected chi connectivity index (χ0v) is 8.78. The van der Waals surface area contributed by atoms with E-state index in [1.54, 1.807) is 0 Å². The van der Waals surface area contributed by atoms with E-state index in [9.17, 15) is 4.79 Å². The Hall–Kier alpha value is -0.650. The average Bonchev–Trinajstić information content (AvgIpc) is 2.17. The molecule has 0 spiro atoms. The minimum Gasteiger partial charge on any atom is -0.336 e. The molecule has 1 amide bonds. The lowest BCUT2D eigenvalue weighted by Crippen LogP contribution is -2.56. The molecule has 0 saturated carbocycles. The van der Waals surface area contributed by atoms with Gasteiger partial charge < -0.3 is 21.3 Å². The fourth-order valence-corrected chi connectivity index (χ4v) is 1.81. The van der Waals surface area contributed by atoms with Crippen molar-refractivity contribution in [1.82, 2.24) is 9.80 Å². The van der Waals surface area contributed by atoms with Gasteiger partial charge in [0.15, 0.2) is 0 Å². The monoisotopic (exact) mass is 200 g/mol. The second-order valence-electron chi connectivity index (χ2n) is 3.78. The van der Waals surface area contributed by atoms with Gasteiger partial charge in [0.1, 0.15) is 0 Å². The van der Waals surface area contributed by atoms with Crippen molar-refractivity contribution >= 4 is 5.91 Å². The summed E-state index contributed by atoms with van der Waals surface area (Å²) in [6.45, 7) is 3.51. The molecule has 0 bridgehead atoms. The van der Waals surface area contributed by atoms with Crippen molar-refractivity contribution in [1.29, 1.82) is 0 Å². The Morgan fingerprint density at radius 2 is 2.14 bits per heavy atom. The fraction of sp³-hybridized carbons (Fsp3) is 0.889. The largest absolute Gasteiger partial charge is 0.336 e. The summed E-state index contributed by atoms with van der Waals surface area (Å²) in [5, 5.41) is 0. The highest BCUT2D eigenvalue weighted by atomic mass is 16.2. The summed E-state index contributed by atoms with van der Waals surface area (Å²) >= 11 is 0. The Balaban J connectivity index is 2.53. The number of nitrogens with zero attached hydrogens (tertiary/aromatic N) is 2. The molecule has 1 unspecified atom stereocenters. The molecule has 5 nitrogen and oxygen atoms in total. The molecule has 1 saturated heterocycles. The molecule has 82 valence electrons. The van der Waals surface area contributed by atoms with Crippen LogP contribution in [-0.2, 0) is 4.79 Å². The predicted octanol–water partition coefficient (Wildman–Crippen LogP) is -1.56. The molecule has 0 aliphatic carbocycles. The Kier molecular flexibility index (Phi) is 4.31. The van der Waals surface area contributed by atoms with Crippen molar-refractivity contribution < 1.29 is 4.79 Å².